The van der Waals surface area contributed by atoms with Crippen molar-refractivity contribution >= 4 is 23.2 Å². The molecular weight excluding hydrogens is 286 g/mol. The van der Waals surface area contributed by atoms with Crippen LogP contribution in [0.4, 0.5) is 11.9 Å². The molecule has 114 valence electrons. The molecule has 2 rings (SSSR count). The highest BCUT2D eigenvalue weighted by Gasteiger charge is 2.17. The fourth-order valence-corrected chi connectivity index (χ4v) is 2.63. The third kappa shape index (κ3) is 3.81. The quantitative estimate of drug-likeness (QED) is 0.848. The van der Waals surface area contributed by atoms with E-state index in [0.717, 1.165) is 13.0 Å². The van der Waals surface area contributed by atoms with E-state index in [1.54, 1.807) is 18.4 Å². The van der Waals surface area contributed by atoms with Crippen LogP contribution in [-0.2, 0) is 0 Å². The minimum absolute atomic E-state index is 0.191. The molecule has 0 fully saturated rings. The van der Waals surface area contributed by atoms with Crippen LogP contribution in [0.1, 0.15) is 31.2 Å². The second-order valence-electron chi connectivity index (χ2n) is 4.67. The Morgan fingerprint density at radius 3 is 2.81 bits per heavy atom. The van der Waals surface area contributed by atoms with Gasteiger partial charge in [0.05, 0.1) is 13.2 Å². The van der Waals surface area contributed by atoms with E-state index in [-0.39, 0.29) is 6.04 Å². The lowest BCUT2D eigenvalue weighted by Crippen LogP contribution is -2.24. The van der Waals surface area contributed by atoms with Gasteiger partial charge >= 0.3 is 6.01 Å². The number of hydrogen-bond acceptors (Lipinski definition) is 7. The van der Waals surface area contributed by atoms with E-state index in [1.165, 1.54) is 4.88 Å². The molecule has 0 aromatic carbocycles. The highest BCUT2D eigenvalue weighted by molar-refractivity contribution is 7.10. The first kappa shape index (κ1) is 15.5. The monoisotopic (exact) mass is 307 g/mol. The predicted molar refractivity (Wildman–Crippen MR) is 86.3 cm³/mol. The number of rotatable bonds is 7. The van der Waals surface area contributed by atoms with Crippen LogP contribution in [0, 0.1) is 0 Å². The highest BCUT2D eigenvalue weighted by atomic mass is 32.1. The maximum atomic E-state index is 5.17. The Hall–Kier alpha value is -1.89. The standard InChI is InChI=1S/C14H21N5OS/c1-5-8-15-12-16-13(18-14(17-12)20-4)19(3)10(2)11-7-6-9-21-11/h6-7,9-10H,5,8H2,1-4H3,(H,15,16,17,18). The van der Waals surface area contributed by atoms with Crippen molar-refractivity contribution in [1.82, 2.24) is 15.0 Å². The maximum absolute atomic E-state index is 5.17. The minimum atomic E-state index is 0.191. The molecule has 7 heteroatoms. The lowest BCUT2D eigenvalue weighted by atomic mass is 10.2. The molecule has 0 saturated carbocycles. The summed E-state index contributed by atoms with van der Waals surface area (Å²) < 4.78 is 5.17. The number of ether oxygens (including phenoxy) is 1. The van der Waals surface area contributed by atoms with Crippen molar-refractivity contribution < 1.29 is 4.74 Å². The molecule has 2 heterocycles. The van der Waals surface area contributed by atoms with Gasteiger partial charge in [0.2, 0.25) is 11.9 Å². The van der Waals surface area contributed by atoms with E-state index < -0.39 is 0 Å². The molecule has 0 aliphatic rings. The number of hydrogen-bond donors (Lipinski definition) is 1. The summed E-state index contributed by atoms with van der Waals surface area (Å²) in [4.78, 5) is 16.3. The Bertz CT molecular complexity index is 560. The summed E-state index contributed by atoms with van der Waals surface area (Å²) in [7, 11) is 3.54. The van der Waals surface area contributed by atoms with E-state index in [2.05, 4.69) is 45.6 Å². The van der Waals surface area contributed by atoms with Gasteiger partial charge in [0.15, 0.2) is 0 Å². The zero-order chi connectivity index (χ0) is 15.2. The second-order valence-corrected chi connectivity index (χ2v) is 5.65. The molecule has 1 unspecified atom stereocenters. The predicted octanol–water partition coefficient (Wildman–Crippen LogP) is 2.96. The molecule has 21 heavy (non-hydrogen) atoms. The summed E-state index contributed by atoms with van der Waals surface area (Å²) in [5.41, 5.74) is 0. The number of nitrogens with one attached hydrogen (secondary N) is 1. The molecule has 0 spiro atoms. The number of nitrogens with zero attached hydrogens (tertiary/aromatic N) is 4. The van der Waals surface area contributed by atoms with Gasteiger partial charge in [-0.3, -0.25) is 0 Å². The summed E-state index contributed by atoms with van der Waals surface area (Å²) in [5, 5.41) is 5.24. The van der Waals surface area contributed by atoms with E-state index >= 15 is 0 Å². The van der Waals surface area contributed by atoms with E-state index in [9.17, 15) is 0 Å². The smallest absolute Gasteiger partial charge is 0.322 e. The van der Waals surface area contributed by atoms with Gasteiger partial charge in [0.25, 0.3) is 0 Å². The Balaban J connectivity index is 2.24. The molecule has 0 aliphatic carbocycles. The Morgan fingerprint density at radius 2 is 2.19 bits per heavy atom. The van der Waals surface area contributed by atoms with Gasteiger partial charge < -0.3 is 15.0 Å². The van der Waals surface area contributed by atoms with Gasteiger partial charge in [0, 0.05) is 18.5 Å². The molecular formula is C14H21N5OS. The average Bonchev–Trinajstić information content (AvgIpc) is 3.05. The molecule has 6 nitrogen and oxygen atoms in total. The van der Waals surface area contributed by atoms with Gasteiger partial charge in [-0.05, 0) is 24.8 Å². The van der Waals surface area contributed by atoms with Crippen LogP contribution in [0.15, 0.2) is 17.5 Å². The molecule has 0 aliphatic heterocycles. The van der Waals surface area contributed by atoms with Crippen molar-refractivity contribution in [3.63, 3.8) is 0 Å². The first-order valence-electron chi connectivity index (χ1n) is 6.95. The van der Waals surface area contributed by atoms with Crippen LogP contribution >= 0.6 is 11.3 Å². The summed E-state index contributed by atoms with van der Waals surface area (Å²) in [6.45, 7) is 5.04. The molecule has 0 bridgehead atoms. The van der Waals surface area contributed by atoms with Crippen LogP contribution in [0.25, 0.3) is 0 Å². The van der Waals surface area contributed by atoms with Gasteiger partial charge in [0.1, 0.15) is 0 Å². The summed E-state index contributed by atoms with van der Waals surface area (Å²) >= 11 is 1.72. The Morgan fingerprint density at radius 1 is 1.38 bits per heavy atom. The molecule has 0 saturated heterocycles. The van der Waals surface area contributed by atoms with E-state index in [4.69, 9.17) is 4.74 Å². The fourth-order valence-electron chi connectivity index (χ4n) is 1.80. The summed E-state index contributed by atoms with van der Waals surface area (Å²) in [6.07, 6.45) is 1.00. The number of thiophene rings is 1. The molecule has 2 aromatic heterocycles. The fraction of sp³-hybridized carbons (Fsp3) is 0.500. The first-order chi connectivity index (χ1) is 10.2. The van der Waals surface area contributed by atoms with Crippen LogP contribution in [0.2, 0.25) is 0 Å². The van der Waals surface area contributed by atoms with Crippen molar-refractivity contribution in [2.45, 2.75) is 26.3 Å². The summed E-state index contributed by atoms with van der Waals surface area (Å²) in [6, 6.07) is 4.67. The zero-order valence-electron chi connectivity index (χ0n) is 12.8. The topological polar surface area (TPSA) is 63.2 Å². The van der Waals surface area contributed by atoms with Crippen molar-refractivity contribution in [3.8, 4) is 6.01 Å². The van der Waals surface area contributed by atoms with Crippen LogP contribution in [0.3, 0.4) is 0 Å². The van der Waals surface area contributed by atoms with Gasteiger partial charge in [-0.15, -0.1) is 11.3 Å². The highest BCUT2D eigenvalue weighted by Crippen LogP contribution is 2.27. The van der Waals surface area contributed by atoms with Crippen molar-refractivity contribution in [2.24, 2.45) is 0 Å². The largest absolute Gasteiger partial charge is 0.467 e. The number of anilines is 2. The molecule has 0 amide bonds. The lowest BCUT2D eigenvalue weighted by molar-refractivity contribution is 0.378. The number of aromatic nitrogens is 3. The van der Waals surface area contributed by atoms with Crippen molar-refractivity contribution in [3.05, 3.63) is 22.4 Å². The Kier molecular flexibility index (Phi) is 5.32. The third-order valence-corrected chi connectivity index (χ3v) is 4.21. The SMILES string of the molecule is CCCNc1nc(OC)nc(N(C)C(C)c2cccs2)n1. The molecule has 1 N–H and O–H groups in total. The lowest BCUT2D eigenvalue weighted by Gasteiger charge is -2.24. The van der Waals surface area contributed by atoms with Crippen LogP contribution in [-0.4, -0.2) is 35.7 Å². The van der Waals surface area contributed by atoms with E-state index in [1.807, 2.05) is 18.0 Å². The summed E-state index contributed by atoms with van der Waals surface area (Å²) in [5.74, 6) is 1.14. The molecule has 0 radical (unpaired) electrons. The molecule has 1 atom stereocenters. The van der Waals surface area contributed by atoms with Crippen LogP contribution < -0.4 is 15.0 Å². The first-order valence-corrected chi connectivity index (χ1v) is 7.83. The van der Waals surface area contributed by atoms with Crippen molar-refractivity contribution in [1.29, 1.82) is 0 Å². The second kappa shape index (κ2) is 7.21. The minimum Gasteiger partial charge on any atom is -0.467 e. The number of methoxy groups -OCH3 is 1. The maximum Gasteiger partial charge on any atom is 0.322 e. The average molecular weight is 307 g/mol. The van der Waals surface area contributed by atoms with Gasteiger partial charge in [-0.1, -0.05) is 13.0 Å². The zero-order valence-corrected chi connectivity index (χ0v) is 13.6. The molecule has 2 aromatic rings. The third-order valence-electron chi connectivity index (χ3n) is 3.17. The van der Waals surface area contributed by atoms with Crippen molar-refractivity contribution in [2.75, 3.05) is 30.9 Å². The Labute approximate surface area is 129 Å². The van der Waals surface area contributed by atoms with E-state index in [0.29, 0.717) is 17.9 Å². The van der Waals surface area contributed by atoms with Gasteiger partial charge in [-0.25, -0.2) is 0 Å². The normalized spacial score (nSPS) is 12.0. The van der Waals surface area contributed by atoms with Gasteiger partial charge in [-0.2, -0.15) is 15.0 Å². The van der Waals surface area contributed by atoms with Crippen LogP contribution in [0.5, 0.6) is 6.01 Å².